The second-order valence-corrected chi connectivity index (χ2v) is 5.74. The third-order valence-corrected chi connectivity index (χ3v) is 4.36. The summed E-state index contributed by atoms with van der Waals surface area (Å²) in [6.07, 6.45) is 6.72. The van der Waals surface area contributed by atoms with Crippen molar-refractivity contribution in [3.63, 3.8) is 0 Å². The minimum Gasteiger partial charge on any atom is -0.190 e. The van der Waals surface area contributed by atoms with Crippen LogP contribution in [0.1, 0.15) is 12.5 Å². The summed E-state index contributed by atoms with van der Waals surface area (Å²) in [6.45, 7) is 5.39. The SMILES string of the molecule is CC1=CC=[N+]2c3ccccc3-c3ccc(C)c[n+]3C[C@H]12. The molecule has 2 aliphatic rings. The molecule has 0 unspecified atom stereocenters. The van der Waals surface area contributed by atoms with E-state index in [2.05, 4.69) is 77.9 Å². The molecule has 0 radical (unpaired) electrons. The number of rotatable bonds is 0. The van der Waals surface area contributed by atoms with Crippen molar-refractivity contribution in [3.8, 4) is 11.3 Å². The van der Waals surface area contributed by atoms with Crippen molar-refractivity contribution in [2.24, 2.45) is 0 Å². The average molecular weight is 262 g/mol. The molecular formula is C18H18N2+2. The molecule has 4 rings (SSSR count). The smallest absolute Gasteiger partial charge is 0.190 e. The van der Waals surface area contributed by atoms with Gasteiger partial charge in [0, 0.05) is 29.3 Å². The molecule has 0 saturated heterocycles. The van der Waals surface area contributed by atoms with Crippen LogP contribution < -0.4 is 4.57 Å². The molecule has 3 heterocycles. The fourth-order valence-corrected chi connectivity index (χ4v) is 3.27. The van der Waals surface area contributed by atoms with Gasteiger partial charge < -0.3 is 0 Å². The fourth-order valence-electron chi connectivity index (χ4n) is 3.27. The number of fused-ring (bicyclic) bond motifs is 5. The molecule has 2 aromatic rings. The zero-order valence-electron chi connectivity index (χ0n) is 11.9. The summed E-state index contributed by atoms with van der Waals surface area (Å²) >= 11 is 0. The molecular weight excluding hydrogens is 244 g/mol. The predicted molar refractivity (Wildman–Crippen MR) is 80.3 cm³/mol. The van der Waals surface area contributed by atoms with E-state index in [1.54, 1.807) is 0 Å². The second-order valence-electron chi connectivity index (χ2n) is 5.74. The number of benzene rings is 1. The first-order valence-electron chi connectivity index (χ1n) is 7.13. The van der Waals surface area contributed by atoms with Crippen molar-refractivity contribution in [2.75, 3.05) is 0 Å². The summed E-state index contributed by atoms with van der Waals surface area (Å²) in [4.78, 5) is 0. The monoisotopic (exact) mass is 262 g/mol. The van der Waals surface area contributed by atoms with Crippen LogP contribution in [0.3, 0.4) is 0 Å². The molecule has 1 atom stereocenters. The number of hydrogen-bond acceptors (Lipinski definition) is 0. The number of pyridine rings is 1. The van der Waals surface area contributed by atoms with E-state index in [4.69, 9.17) is 0 Å². The number of aromatic nitrogens is 1. The standard InChI is InChI=1S/C18H18N2/c1-13-7-8-16-15-5-3-4-6-17(15)20-10-9-14(2)18(20)12-19(16)11-13/h3-11,18H,12H2,1-2H3/q+2/t18-/m1/s1. The Hall–Kier alpha value is -2.22. The third-order valence-electron chi connectivity index (χ3n) is 4.36. The van der Waals surface area contributed by atoms with Crippen LogP contribution in [0, 0.1) is 6.92 Å². The summed E-state index contributed by atoms with van der Waals surface area (Å²) in [7, 11) is 0. The highest BCUT2D eigenvalue weighted by atomic mass is 15.1. The van der Waals surface area contributed by atoms with Gasteiger partial charge in [-0.05, 0) is 26.0 Å². The van der Waals surface area contributed by atoms with Crippen LogP contribution in [-0.4, -0.2) is 16.8 Å². The molecule has 0 bridgehead atoms. The van der Waals surface area contributed by atoms with Crippen molar-refractivity contribution >= 4 is 11.9 Å². The van der Waals surface area contributed by atoms with Gasteiger partial charge in [0.05, 0.1) is 0 Å². The number of para-hydroxylation sites is 1. The van der Waals surface area contributed by atoms with Crippen LogP contribution in [-0.2, 0) is 6.54 Å². The zero-order chi connectivity index (χ0) is 13.7. The van der Waals surface area contributed by atoms with Gasteiger partial charge in [-0.1, -0.05) is 12.1 Å². The normalized spacial score (nSPS) is 19.4. The van der Waals surface area contributed by atoms with Crippen molar-refractivity contribution in [2.45, 2.75) is 26.4 Å². The van der Waals surface area contributed by atoms with Crippen LogP contribution in [0.25, 0.3) is 11.3 Å². The van der Waals surface area contributed by atoms with Gasteiger partial charge >= 0.3 is 0 Å². The van der Waals surface area contributed by atoms with Gasteiger partial charge in [0.15, 0.2) is 12.4 Å². The van der Waals surface area contributed by atoms with Crippen molar-refractivity contribution in [1.29, 1.82) is 0 Å². The Morgan fingerprint density at radius 3 is 2.80 bits per heavy atom. The van der Waals surface area contributed by atoms with E-state index in [-0.39, 0.29) is 0 Å². The zero-order valence-corrected chi connectivity index (χ0v) is 11.9. The van der Waals surface area contributed by atoms with Gasteiger partial charge in [0.25, 0.3) is 0 Å². The lowest BCUT2D eigenvalue weighted by Crippen LogP contribution is -2.42. The van der Waals surface area contributed by atoms with E-state index in [0.717, 1.165) is 6.54 Å². The average Bonchev–Trinajstić information content (AvgIpc) is 2.74. The Morgan fingerprint density at radius 1 is 1.05 bits per heavy atom. The molecule has 0 aliphatic carbocycles. The Morgan fingerprint density at radius 2 is 1.90 bits per heavy atom. The summed E-state index contributed by atoms with van der Waals surface area (Å²) in [5.74, 6) is 0. The Bertz CT molecular complexity index is 769. The lowest BCUT2D eigenvalue weighted by Gasteiger charge is -2.06. The van der Waals surface area contributed by atoms with Crippen molar-refractivity contribution < 1.29 is 9.14 Å². The molecule has 0 N–H and O–H groups in total. The van der Waals surface area contributed by atoms with Crippen molar-refractivity contribution in [1.82, 2.24) is 0 Å². The molecule has 0 saturated carbocycles. The summed E-state index contributed by atoms with van der Waals surface area (Å²) in [5.41, 5.74) is 6.67. The Kier molecular flexibility index (Phi) is 2.40. The van der Waals surface area contributed by atoms with E-state index in [9.17, 15) is 0 Å². The second kappa shape index (κ2) is 4.14. The number of allylic oxidation sites excluding steroid dienone is 1. The van der Waals surface area contributed by atoms with Gasteiger partial charge in [-0.2, -0.15) is 9.14 Å². The van der Waals surface area contributed by atoms with Crippen LogP contribution in [0.15, 0.2) is 54.2 Å². The first kappa shape index (κ1) is 11.6. The maximum absolute atomic E-state index is 2.41. The topological polar surface area (TPSA) is 6.89 Å². The number of aryl methyl sites for hydroxylation is 1. The molecule has 20 heavy (non-hydrogen) atoms. The first-order valence-corrected chi connectivity index (χ1v) is 7.13. The lowest BCUT2D eigenvalue weighted by molar-refractivity contribution is -0.710. The first-order chi connectivity index (χ1) is 9.74. The summed E-state index contributed by atoms with van der Waals surface area (Å²) < 4.78 is 4.81. The van der Waals surface area contributed by atoms with E-state index < -0.39 is 0 Å². The molecule has 0 spiro atoms. The summed E-state index contributed by atoms with van der Waals surface area (Å²) in [6, 6.07) is 13.6. The molecule has 0 fully saturated rings. The highest BCUT2D eigenvalue weighted by molar-refractivity contribution is 5.76. The number of nitrogens with zero attached hydrogens (tertiary/aromatic N) is 2. The molecule has 98 valence electrons. The van der Waals surface area contributed by atoms with E-state index in [1.807, 2.05) is 0 Å². The molecule has 2 aliphatic heterocycles. The third kappa shape index (κ3) is 1.58. The van der Waals surface area contributed by atoms with E-state index in [0.29, 0.717) is 6.04 Å². The van der Waals surface area contributed by atoms with Crippen molar-refractivity contribution in [3.05, 3.63) is 59.8 Å². The van der Waals surface area contributed by atoms with Gasteiger partial charge in [0.1, 0.15) is 5.56 Å². The minimum atomic E-state index is 0.434. The van der Waals surface area contributed by atoms with Gasteiger partial charge in [-0.15, -0.1) is 0 Å². The summed E-state index contributed by atoms with van der Waals surface area (Å²) in [5, 5.41) is 0. The van der Waals surface area contributed by atoms with Gasteiger partial charge in [-0.25, -0.2) is 0 Å². The van der Waals surface area contributed by atoms with E-state index in [1.165, 1.54) is 28.1 Å². The van der Waals surface area contributed by atoms with Gasteiger partial charge in [0.2, 0.25) is 24.0 Å². The van der Waals surface area contributed by atoms with Crippen LogP contribution in [0.5, 0.6) is 0 Å². The number of hydrogen-bond donors (Lipinski definition) is 0. The van der Waals surface area contributed by atoms with Crippen LogP contribution in [0.4, 0.5) is 5.69 Å². The Balaban J connectivity index is 2.03. The van der Waals surface area contributed by atoms with Crippen LogP contribution in [0.2, 0.25) is 0 Å². The molecule has 1 aromatic carbocycles. The molecule has 1 aromatic heterocycles. The maximum Gasteiger partial charge on any atom is 0.238 e. The van der Waals surface area contributed by atoms with Gasteiger partial charge in [-0.3, -0.25) is 0 Å². The van der Waals surface area contributed by atoms with Crippen LogP contribution >= 0.6 is 0 Å². The quantitative estimate of drug-likeness (QED) is 0.644. The van der Waals surface area contributed by atoms with E-state index >= 15 is 0 Å². The molecule has 2 heteroatoms. The Labute approximate surface area is 119 Å². The molecule has 2 nitrogen and oxygen atoms in total. The molecule has 0 amide bonds. The maximum atomic E-state index is 2.41. The lowest BCUT2D eigenvalue weighted by atomic mass is 10.1. The highest BCUT2D eigenvalue weighted by Crippen LogP contribution is 2.33. The highest BCUT2D eigenvalue weighted by Gasteiger charge is 2.39. The predicted octanol–water partition coefficient (Wildman–Crippen LogP) is 3.01. The minimum absolute atomic E-state index is 0.434. The largest absolute Gasteiger partial charge is 0.238 e. The fraction of sp³-hybridized carbons (Fsp3) is 0.222.